The standard InChI is InChI=1S/C11H20O2S2/c1-5-11(8-14-4)15-7-10(6-12)13-9(2)3/h5,8-10,12H,1,6-7H2,2-4H3/b11-8+. The second-order valence-electron chi connectivity index (χ2n) is 3.26. The lowest BCUT2D eigenvalue weighted by Gasteiger charge is -2.17. The first-order valence-electron chi connectivity index (χ1n) is 4.88. The van der Waals surface area contributed by atoms with E-state index in [-0.39, 0.29) is 18.8 Å². The molecule has 2 nitrogen and oxygen atoms in total. The van der Waals surface area contributed by atoms with Crippen molar-refractivity contribution < 1.29 is 9.84 Å². The van der Waals surface area contributed by atoms with Gasteiger partial charge in [0.2, 0.25) is 0 Å². The van der Waals surface area contributed by atoms with E-state index in [0.29, 0.717) is 0 Å². The molecule has 0 radical (unpaired) electrons. The molecule has 88 valence electrons. The minimum absolute atomic E-state index is 0.0644. The highest BCUT2D eigenvalue weighted by atomic mass is 32.2. The normalized spacial score (nSPS) is 14.3. The number of hydrogen-bond acceptors (Lipinski definition) is 4. The second kappa shape index (κ2) is 9.33. The molecule has 0 saturated carbocycles. The average Bonchev–Trinajstić information content (AvgIpc) is 2.21. The van der Waals surface area contributed by atoms with Crippen molar-refractivity contribution in [2.75, 3.05) is 18.6 Å². The van der Waals surface area contributed by atoms with E-state index in [2.05, 4.69) is 6.58 Å². The first-order chi connectivity index (χ1) is 7.13. The molecule has 1 unspecified atom stereocenters. The van der Waals surface area contributed by atoms with Crippen LogP contribution >= 0.6 is 23.5 Å². The van der Waals surface area contributed by atoms with Crippen molar-refractivity contribution >= 4 is 23.5 Å². The first kappa shape index (κ1) is 15.1. The van der Waals surface area contributed by atoms with Crippen molar-refractivity contribution in [2.24, 2.45) is 0 Å². The van der Waals surface area contributed by atoms with Gasteiger partial charge in [0, 0.05) is 10.7 Å². The Morgan fingerprint density at radius 3 is 2.60 bits per heavy atom. The van der Waals surface area contributed by atoms with Gasteiger partial charge >= 0.3 is 0 Å². The predicted molar refractivity (Wildman–Crippen MR) is 71.3 cm³/mol. The summed E-state index contributed by atoms with van der Waals surface area (Å²) in [6.07, 6.45) is 3.89. The zero-order valence-electron chi connectivity index (χ0n) is 9.60. The highest BCUT2D eigenvalue weighted by Crippen LogP contribution is 2.21. The quantitative estimate of drug-likeness (QED) is 0.669. The Hall–Kier alpha value is 0.1000. The number of thioether (sulfide) groups is 2. The molecule has 0 aromatic rings. The fourth-order valence-electron chi connectivity index (χ4n) is 0.966. The fraction of sp³-hybridized carbons (Fsp3) is 0.636. The molecule has 0 aliphatic carbocycles. The van der Waals surface area contributed by atoms with Gasteiger partial charge in [0.25, 0.3) is 0 Å². The van der Waals surface area contributed by atoms with Crippen molar-refractivity contribution in [1.82, 2.24) is 0 Å². The molecular weight excluding hydrogens is 228 g/mol. The Labute approximate surface area is 101 Å². The Morgan fingerprint density at radius 2 is 2.20 bits per heavy atom. The van der Waals surface area contributed by atoms with Crippen molar-refractivity contribution in [3.05, 3.63) is 23.0 Å². The van der Waals surface area contributed by atoms with Crippen LogP contribution in [0.15, 0.2) is 23.0 Å². The summed E-state index contributed by atoms with van der Waals surface area (Å²) in [4.78, 5) is 1.12. The van der Waals surface area contributed by atoms with Crippen LogP contribution in [0.2, 0.25) is 0 Å². The van der Waals surface area contributed by atoms with Gasteiger partial charge in [-0.05, 0) is 25.5 Å². The van der Waals surface area contributed by atoms with E-state index in [4.69, 9.17) is 9.84 Å². The topological polar surface area (TPSA) is 29.5 Å². The van der Waals surface area contributed by atoms with Gasteiger partial charge in [0.1, 0.15) is 0 Å². The molecule has 0 rings (SSSR count). The van der Waals surface area contributed by atoms with Crippen molar-refractivity contribution in [1.29, 1.82) is 0 Å². The molecule has 0 fully saturated rings. The molecule has 0 saturated heterocycles. The Kier molecular flexibility index (Phi) is 9.40. The van der Waals surface area contributed by atoms with Crippen molar-refractivity contribution in [3.8, 4) is 0 Å². The number of hydrogen-bond donors (Lipinski definition) is 1. The summed E-state index contributed by atoms with van der Waals surface area (Å²) in [6.45, 7) is 7.75. The van der Waals surface area contributed by atoms with Gasteiger partial charge < -0.3 is 9.84 Å². The lowest BCUT2D eigenvalue weighted by atomic mass is 10.4. The molecule has 0 aliphatic rings. The van der Waals surface area contributed by atoms with Crippen LogP contribution < -0.4 is 0 Å². The van der Waals surface area contributed by atoms with Gasteiger partial charge in [-0.3, -0.25) is 0 Å². The van der Waals surface area contributed by atoms with E-state index in [9.17, 15) is 0 Å². The molecule has 1 atom stereocenters. The van der Waals surface area contributed by atoms with Crippen LogP contribution in [-0.2, 0) is 4.74 Å². The van der Waals surface area contributed by atoms with Crippen LogP contribution in [0, 0.1) is 0 Å². The minimum atomic E-state index is -0.0970. The zero-order valence-corrected chi connectivity index (χ0v) is 11.2. The largest absolute Gasteiger partial charge is 0.394 e. The number of ether oxygens (including phenoxy) is 1. The maximum atomic E-state index is 9.10. The SMILES string of the molecule is C=C/C(=C\SC)SCC(CO)OC(C)C. The van der Waals surface area contributed by atoms with Gasteiger partial charge in [-0.1, -0.05) is 12.7 Å². The monoisotopic (exact) mass is 248 g/mol. The fourth-order valence-corrected chi connectivity index (χ4v) is 2.54. The van der Waals surface area contributed by atoms with E-state index in [1.54, 1.807) is 23.5 Å². The molecule has 0 aromatic heterocycles. The molecule has 0 heterocycles. The van der Waals surface area contributed by atoms with E-state index < -0.39 is 0 Å². The van der Waals surface area contributed by atoms with Gasteiger partial charge in [-0.25, -0.2) is 0 Å². The third-order valence-corrected chi connectivity index (χ3v) is 3.33. The number of aliphatic hydroxyl groups is 1. The average molecular weight is 248 g/mol. The molecule has 1 N–H and O–H groups in total. The van der Waals surface area contributed by atoms with E-state index in [1.807, 2.05) is 31.6 Å². The maximum absolute atomic E-state index is 9.10. The molecule has 0 bridgehead atoms. The first-order valence-corrected chi connectivity index (χ1v) is 7.15. The number of aliphatic hydroxyl groups excluding tert-OH is 1. The van der Waals surface area contributed by atoms with Crippen LogP contribution in [-0.4, -0.2) is 35.9 Å². The Balaban J connectivity index is 3.98. The smallest absolute Gasteiger partial charge is 0.0902 e. The lowest BCUT2D eigenvalue weighted by Crippen LogP contribution is -2.24. The second-order valence-corrected chi connectivity index (χ2v) is 5.06. The summed E-state index contributed by atoms with van der Waals surface area (Å²) in [6, 6.07) is 0. The van der Waals surface area contributed by atoms with Crippen molar-refractivity contribution in [2.45, 2.75) is 26.1 Å². The summed E-state index contributed by atoms with van der Waals surface area (Å²) in [7, 11) is 0. The summed E-state index contributed by atoms with van der Waals surface area (Å²) < 4.78 is 5.53. The third kappa shape index (κ3) is 7.96. The minimum Gasteiger partial charge on any atom is -0.394 e. The molecule has 4 heteroatoms. The molecule has 0 spiro atoms. The summed E-state index contributed by atoms with van der Waals surface area (Å²) in [5.41, 5.74) is 0. The molecule has 0 aliphatic heterocycles. The molecule has 0 aromatic carbocycles. The van der Waals surface area contributed by atoms with Crippen LogP contribution in [0.1, 0.15) is 13.8 Å². The van der Waals surface area contributed by atoms with Crippen LogP contribution in [0.25, 0.3) is 0 Å². The highest BCUT2D eigenvalue weighted by Gasteiger charge is 2.10. The van der Waals surface area contributed by atoms with Crippen LogP contribution in [0.3, 0.4) is 0 Å². The van der Waals surface area contributed by atoms with Gasteiger partial charge in [0.15, 0.2) is 0 Å². The lowest BCUT2D eigenvalue weighted by molar-refractivity contribution is -0.00929. The number of rotatable bonds is 8. The third-order valence-electron chi connectivity index (χ3n) is 1.54. The summed E-state index contributed by atoms with van der Waals surface area (Å²) >= 11 is 3.31. The Bertz CT molecular complexity index is 203. The summed E-state index contributed by atoms with van der Waals surface area (Å²) in [5, 5.41) is 11.1. The Morgan fingerprint density at radius 1 is 1.53 bits per heavy atom. The van der Waals surface area contributed by atoms with Gasteiger partial charge in [0.05, 0.1) is 18.8 Å². The summed E-state index contributed by atoms with van der Waals surface area (Å²) in [5.74, 6) is 0.757. The predicted octanol–water partition coefficient (Wildman–Crippen LogP) is 2.90. The highest BCUT2D eigenvalue weighted by molar-refractivity contribution is 8.06. The van der Waals surface area contributed by atoms with E-state index >= 15 is 0 Å². The molecular formula is C11H20O2S2. The zero-order chi connectivity index (χ0) is 11.7. The van der Waals surface area contributed by atoms with Gasteiger partial charge in [-0.15, -0.1) is 23.5 Å². The van der Waals surface area contributed by atoms with Gasteiger partial charge in [-0.2, -0.15) is 0 Å². The van der Waals surface area contributed by atoms with E-state index in [1.165, 1.54) is 0 Å². The van der Waals surface area contributed by atoms with Crippen LogP contribution in [0.5, 0.6) is 0 Å². The molecule has 0 amide bonds. The maximum Gasteiger partial charge on any atom is 0.0902 e. The van der Waals surface area contributed by atoms with Crippen molar-refractivity contribution in [3.63, 3.8) is 0 Å². The number of allylic oxidation sites excluding steroid dienone is 1. The van der Waals surface area contributed by atoms with E-state index in [0.717, 1.165) is 10.7 Å². The van der Waals surface area contributed by atoms with Crippen LogP contribution in [0.4, 0.5) is 0 Å². The molecule has 15 heavy (non-hydrogen) atoms.